The Balaban J connectivity index is 1.59. The van der Waals surface area contributed by atoms with Gasteiger partial charge in [-0.1, -0.05) is 0 Å². The van der Waals surface area contributed by atoms with E-state index in [1.807, 2.05) is 63.0 Å². The molecule has 0 saturated carbocycles. The maximum atomic E-state index is 13.1. The highest BCUT2D eigenvalue weighted by atomic mass is 19.3. The van der Waals surface area contributed by atoms with E-state index < -0.39 is 5.92 Å². The Morgan fingerprint density at radius 2 is 1.94 bits per heavy atom. The minimum Gasteiger partial charge on any atom is -0.375 e. The summed E-state index contributed by atoms with van der Waals surface area (Å²) in [5.41, 5.74) is 3.92. The van der Waals surface area contributed by atoms with E-state index in [2.05, 4.69) is 21.3 Å². The molecule has 3 rings (SSSR count). The molecule has 6 nitrogen and oxygen atoms in total. The standard InChI is InChI=1S/C23H34F2N6/c1-17(29(5)28-19(3)21-7-6-12-27-18(21)2)8-9-22(26-4)30-13-10-20(11-14-30)31-15-23(24,25)16-31/h6-9,12,20,26H,10-11,13-16H2,1-5H3/b17-8+,22-9+,28-19+. The summed E-state index contributed by atoms with van der Waals surface area (Å²) in [7, 11) is 3.84. The van der Waals surface area contributed by atoms with E-state index in [4.69, 9.17) is 5.10 Å². The second-order valence-corrected chi connectivity index (χ2v) is 8.43. The van der Waals surface area contributed by atoms with Gasteiger partial charge >= 0.3 is 0 Å². The number of piperidine rings is 1. The molecule has 0 unspecified atom stereocenters. The van der Waals surface area contributed by atoms with Gasteiger partial charge in [0.05, 0.1) is 18.8 Å². The van der Waals surface area contributed by atoms with Gasteiger partial charge in [-0.25, -0.2) is 8.78 Å². The van der Waals surface area contributed by atoms with E-state index in [-0.39, 0.29) is 19.1 Å². The fourth-order valence-electron chi connectivity index (χ4n) is 4.16. The number of nitrogens with one attached hydrogen (secondary N) is 1. The van der Waals surface area contributed by atoms with Crippen LogP contribution in [-0.2, 0) is 0 Å². The predicted octanol–water partition coefficient (Wildman–Crippen LogP) is 3.43. The van der Waals surface area contributed by atoms with Crippen LogP contribution in [0.25, 0.3) is 0 Å². The van der Waals surface area contributed by atoms with Crippen LogP contribution in [0.3, 0.4) is 0 Å². The SMILES string of the molecule is CN/C(=C\C=C(/C)N(C)/N=C(\C)c1cccnc1C)N1CCC(N2CC(F)(F)C2)CC1. The molecule has 3 heterocycles. The fourth-order valence-corrected chi connectivity index (χ4v) is 4.16. The minimum absolute atomic E-state index is 0.0842. The molecule has 2 saturated heterocycles. The Morgan fingerprint density at radius 1 is 1.26 bits per heavy atom. The number of hydrazone groups is 1. The Hall–Kier alpha value is -2.48. The Kier molecular flexibility index (Phi) is 7.30. The molecule has 2 fully saturated rings. The van der Waals surface area contributed by atoms with Gasteiger partial charge in [-0.3, -0.25) is 14.9 Å². The van der Waals surface area contributed by atoms with Crippen molar-refractivity contribution in [2.45, 2.75) is 45.6 Å². The van der Waals surface area contributed by atoms with Crippen molar-refractivity contribution in [3.8, 4) is 0 Å². The average molecular weight is 433 g/mol. The number of nitrogens with zero attached hydrogens (tertiary/aromatic N) is 5. The summed E-state index contributed by atoms with van der Waals surface area (Å²) in [5.74, 6) is -1.46. The largest absolute Gasteiger partial charge is 0.375 e. The van der Waals surface area contributed by atoms with E-state index in [1.54, 1.807) is 6.20 Å². The Bertz CT molecular complexity index is 847. The summed E-state index contributed by atoms with van der Waals surface area (Å²) in [4.78, 5) is 8.53. The number of aromatic nitrogens is 1. The van der Waals surface area contributed by atoms with Crippen molar-refractivity contribution in [2.75, 3.05) is 40.3 Å². The Labute approximate surface area is 184 Å². The molecule has 0 amide bonds. The lowest BCUT2D eigenvalue weighted by Gasteiger charge is -2.47. The number of likely N-dealkylation sites (tertiary alicyclic amines) is 2. The van der Waals surface area contributed by atoms with Crippen molar-refractivity contribution in [3.05, 3.63) is 53.3 Å². The van der Waals surface area contributed by atoms with Crippen molar-refractivity contribution in [2.24, 2.45) is 5.10 Å². The van der Waals surface area contributed by atoms with Crippen molar-refractivity contribution in [3.63, 3.8) is 0 Å². The lowest BCUT2D eigenvalue weighted by Crippen LogP contribution is -2.61. The minimum atomic E-state index is -2.49. The van der Waals surface area contributed by atoms with Gasteiger partial charge in [-0.05, 0) is 57.9 Å². The van der Waals surface area contributed by atoms with Gasteiger partial charge in [0.25, 0.3) is 5.92 Å². The lowest BCUT2D eigenvalue weighted by molar-refractivity contribution is -0.150. The van der Waals surface area contributed by atoms with Crippen LogP contribution in [0.2, 0.25) is 0 Å². The summed E-state index contributed by atoms with van der Waals surface area (Å²) >= 11 is 0. The number of rotatable bonds is 7. The molecule has 170 valence electrons. The number of hydrogen-bond donors (Lipinski definition) is 1. The summed E-state index contributed by atoms with van der Waals surface area (Å²) in [6.07, 6.45) is 7.70. The molecular formula is C23H34F2N6. The maximum Gasteiger partial charge on any atom is 0.272 e. The molecule has 2 aliphatic rings. The first-order chi connectivity index (χ1) is 14.7. The van der Waals surface area contributed by atoms with E-state index in [9.17, 15) is 8.78 Å². The van der Waals surface area contributed by atoms with Gasteiger partial charge in [-0.15, -0.1) is 0 Å². The van der Waals surface area contributed by atoms with Crippen molar-refractivity contribution in [1.29, 1.82) is 0 Å². The second kappa shape index (κ2) is 9.77. The third-order valence-corrected chi connectivity index (χ3v) is 6.14. The third-order valence-electron chi connectivity index (χ3n) is 6.14. The fraction of sp³-hybridized carbons (Fsp3) is 0.565. The molecule has 0 atom stereocenters. The lowest BCUT2D eigenvalue weighted by atomic mass is 9.98. The topological polar surface area (TPSA) is 47.0 Å². The zero-order chi connectivity index (χ0) is 22.6. The summed E-state index contributed by atoms with van der Waals surface area (Å²) in [5, 5.41) is 9.83. The number of allylic oxidation sites excluding steroid dienone is 3. The molecule has 0 aliphatic carbocycles. The van der Waals surface area contributed by atoms with E-state index in [0.29, 0.717) is 0 Å². The number of halogens is 2. The first-order valence-electron chi connectivity index (χ1n) is 10.8. The third kappa shape index (κ3) is 5.81. The highest BCUT2D eigenvalue weighted by Gasteiger charge is 2.46. The molecular weight excluding hydrogens is 398 g/mol. The number of hydrogen-bond acceptors (Lipinski definition) is 6. The number of pyridine rings is 1. The van der Waals surface area contributed by atoms with Crippen LogP contribution in [-0.4, -0.2) is 77.7 Å². The monoisotopic (exact) mass is 432 g/mol. The average Bonchev–Trinajstić information content (AvgIpc) is 2.72. The van der Waals surface area contributed by atoms with Crippen LogP contribution in [0.4, 0.5) is 8.78 Å². The summed E-state index contributed by atoms with van der Waals surface area (Å²) < 4.78 is 26.3. The number of aryl methyl sites for hydroxylation is 1. The van der Waals surface area contributed by atoms with Gasteiger partial charge in [0.15, 0.2) is 0 Å². The van der Waals surface area contributed by atoms with Gasteiger partial charge in [0, 0.05) is 56.4 Å². The van der Waals surface area contributed by atoms with Crippen molar-refractivity contribution >= 4 is 5.71 Å². The normalized spacial score (nSPS) is 21.1. The molecule has 1 aromatic heterocycles. The van der Waals surface area contributed by atoms with Crippen LogP contribution in [0, 0.1) is 6.92 Å². The predicted molar refractivity (Wildman–Crippen MR) is 121 cm³/mol. The molecule has 0 aromatic carbocycles. The molecule has 0 spiro atoms. The molecule has 0 bridgehead atoms. The maximum absolute atomic E-state index is 13.1. The van der Waals surface area contributed by atoms with Gasteiger partial charge < -0.3 is 10.2 Å². The van der Waals surface area contributed by atoms with Crippen LogP contribution < -0.4 is 5.32 Å². The van der Waals surface area contributed by atoms with E-state index >= 15 is 0 Å². The quantitative estimate of drug-likeness (QED) is 0.406. The summed E-state index contributed by atoms with van der Waals surface area (Å²) in [6.45, 7) is 7.54. The van der Waals surface area contributed by atoms with Gasteiger partial charge in [-0.2, -0.15) is 5.10 Å². The van der Waals surface area contributed by atoms with Gasteiger partial charge in [0.1, 0.15) is 5.82 Å². The molecule has 31 heavy (non-hydrogen) atoms. The molecule has 0 radical (unpaired) electrons. The Morgan fingerprint density at radius 3 is 2.52 bits per heavy atom. The van der Waals surface area contributed by atoms with Crippen LogP contribution in [0.15, 0.2) is 47.1 Å². The molecule has 1 N–H and O–H groups in total. The highest BCUT2D eigenvalue weighted by Crippen LogP contribution is 2.32. The first kappa shape index (κ1) is 23.2. The summed E-state index contributed by atoms with van der Waals surface area (Å²) in [6, 6.07) is 4.21. The van der Waals surface area contributed by atoms with Crippen molar-refractivity contribution < 1.29 is 8.78 Å². The van der Waals surface area contributed by atoms with Crippen LogP contribution in [0.5, 0.6) is 0 Å². The van der Waals surface area contributed by atoms with Crippen LogP contribution in [0.1, 0.15) is 37.9 Å². The zero-order valence-corrected chi connectivity index (χ0v) is 19.2. The number of alkyl halides is 2. The van der Waals surface area contributed by atoms with Gasteiger partial charge in [0.2, 0.25) is 0 Å². The highest BCUT2D eigenvalue weighted by molar-refractivity contribution is 5.99. The smallest absolute Gasteiger partial charge is 0.272 e. The first-order valence-corrected chi connectivity index (χ1v) is 10.8. The van der Waals surface area contributed by atoms with Crippen LogP contribution >= 0.6 is 0 Å². The molecule has 2 aliphatic heterocycles. The molecule has 8 heteroatoms. The van der Waals surface area contributed by atoms with Crippen molar-refractivity contribution in [1.82, 2.24) is 25.1 Å². The zero-order valence-electron chi connectivity index (χ0n) is 19.2. The van der Waals surface area contributed by atoms with E-state index in [0.717, 1.165) is 54.4 Å². The van der Waals surface area contributed by atoms with E-state index in [1.165, 1.54) is 0 Å². The molecule has 1 aromatic rings. The second-order valence-electron chi connectivity index (χ2n) is 8.43.